The van der Waals surface area contributed by atoms with Gasteiger partial charge in [0.1, 0.15) is 0 Å². The van der Waals surface area contributed by atoms with Gasteiger partial charge in [0.05, 0.1) is 6.54 Å². The molecule has 0 unspecified atom stereocenters. The van der Waals surface area contributed by atoms with E-state index in [4.69, 9.17) is 4.99 Å². The van der Waals surface area contributed by atoms with Crippen LogP contribution in [0.5, 0.6) is 0 Å². The molecular formula is C19H40IN5O. The summed E-state index contributed by atoms with van der Waals surface area (Å²) in [7, 11) is 0. The highest BCUT2D eigenvalue weighted by Gasteiger charge is 2.21. The highest BCUT2D eigenvalue weighted by Crippen LogP contribution is 2.11. The number of likely N-dealkylation sites (tertiary alicyclic amines) is 1. The second-order valence-electron chi connectivity index (χ2n) is 6.95. The first-order valence-electron chi connectivity index (χ1n) is 10.2. The molecule has 0 atom stereocenters. The molecule has 0 saturated carbocycles. The Kier molecular flexibility index (Phi) is 15.1. The monoisotopic (exact) mass is 481 g/mol. The molecule has 1 fully saturated rings. The fraction of sp³-hybridized carbons (Fsp3) is 0.895. The van der Waals surface area contributed by atoms with Crippen molar-refractivity contribution in [3.63, 3.8) is 0 Å². The standard InChI is InChI=1S/C19H39N5O.HI/c1-5-11-21-18(25)15-24-12-9-17(10-13-24)23-19(20-8-4)22-14-16(6-2)7-3;/h16-17H,5-15H2,1-4H3,(H,21,25)(H2,20,22,23);1H. The van der Waals surface area contributed by atoms with E-state index in [1.54, 1.807) is 0 Å². The van der Waals surface area contributed by atoms with Crippen molar-refractivity contribution in [3.8, 4) is 0 Å². The topological polar surface area (TPSA) is 68.8 Å². The first-order chi connectivity index (χ1) is 12.1. The fourth-order valence-electron chi connectivity index (χ4n) is 3.04. The molecule has 154 valence electrons. The van der Waals surface area contributed by atoms with Crippen molar-refractivity contribution in [2.24, 2.45) is 10.9 Å². The van der Waals surface area contributed by atoms with E-state index in [1.165, 1.54) is 12.8 Å². The van der Waals surface area contributed by atoms with Gasteiger partial charge in [0.25, 0.3) is 0 Å². The number of aliphatic imine (C=N–C) groups is 1. The van der Waals surface area contributed by atoms with Crippen molar-refractivity contribution in [2.75, 3.05) is 39.3 Å². The molecule has 0 aromatic carbocycles. The minimum atomic E-state index is 0. The number of carbonyl (C=O) groups excluding carboxylic acids is 1. The predicted octanol–water partition coefficient (Wildman–Crippen LogP) is 2.59. The molecule has 7 heteroatoms. The van der Waals surface area contributed by atoms with Crippen molar-refractivity contribution < 1.29 is 4.79 Å². The molecule has 1 aliphatic rings. The molecule has 0 bridgehead atoms. The van der Waals surface area contributed by atoms with E-state index in [9.17, 15) is 4.79 Å². The Labute approximate surface area is 177 Å². The number of hydrogen-bond donors (Lipinski definition) is 3. The molecule has 1 rings (SSSR count). The summed E-state index contributed by atoms with van der Waals surface area (Å²) in [6.07, 6.45) is 5.45. The highest BCUT2D eigenvalue weighted by molar-refractivity contribution is 14.0. The van der Waals surface area contributed by atoms with Crippen molar-refractivity contribution in [1.82, 2.24) is 20.9 Å². The number of piperidine rings is 1. The molecular weight excluding hydrogens is 441 g/mol. The van der Waals surface area contributed by atoms with Crippen molar-refractivity contribution >= 4 is 35.8 Å². The van der Waals surface area contributed by atoms with Gasteiger partial charge in [-0.3, -0.25) is 14.7 Å². The predicted molar refractivity (Wildman–Crippen MR) is 121 cm³/mol. The average Bonchev–Trinajstić information content (AvgIpc) is 2.62. The summed E-state index contributed by atoms with van der Waals surface area (Å²) < 4.78 is 0. The molecule has 6 nitrogen and oxygen atoms in total. The molecule has 1 saturated heterocycles. The summed E-state index contributed by atoms with van der Waals surface area (Å²) in [5.74, 6) is 1.75. The third-order valence-electron chi connectivity index (χ3n) is 4.87. The van der Waals surface area contributed by atoms with Gasteiger partial charge in [-0.2, -0.15) is 0 Å². The molecule has 1 aliphatic heterocycles. The van der Waals surface area contributed by atoms with Crippen molar-refractivity contribution in [3.05, 3.63) is 0 Å². The van der Waals surface area contributed by atoms with Crippen molar-refractivity contribution in [1.29, 1.82) is 0 Å². The van der Waals surface area contributed by atoms with Gasteiger partial charge in [-0.1, -0.05) is 33.6 Å². The number of carbonyl (C=O) groups is 1. The SMILES string of the molecule is CCCNC(=O)CN1CCC(NC(=NCC(CC)CC)NCC)CC1.I. The second-order valence-corrected chi connectivity index (χ2v) is 6.95. The van der Waals surface area contributed by atoms with Crippen LogP contribution in [0, 0.1) is 5.92 Å². The van der Waals surface area contributed by atoms with E-state index in [2.05, 4.69) is 48.5 Å². The molecule has 0 aliphatic carbocycles. The van der Waals surface area contributed by atoms with Gasteiger partial charge in [-0.25, -0.2) is 0 Å². The number of amides is 1. The third kappa shape index (κ3) is 10.5. The molecule has 0 aromatic heterocycles. The van der Waals surface area contributed by atoms with Gasteiger partial charge in [0.15, 0.2) is 5.96 Å². The van der Waals surface area contributed by atoms with Crippen LogP contribution in [0.2, 0.25) is 0 Å². The Morgan fingerprint density at radius 1 is 1.12 bits per heavy atom. The van der Waals surface area contributed by atoms with Gasteiger partial charge in [0, 0.05) is 38.8 Å². The molecule has 0 spiro atoms. The number of hydrogen-bond acceptors (Lipinski definition) is 3. The second kappa shape index (κ2) is 15.5. The number of nitrogens with one attached hydrogen (secondary N) is 3. The quantitative estimate of drug-likeness (QED) is 0.255. The zero-order chi connectivity index (χ0) is 18.5. The Morgan fingerprint density at radius 3 is 2.31 bits per heavy atom. The van der Waals surface area contributed by atoms with E-state index in [0.29, 0.717) is 18.5 Å². The number of nitrogens with zero attached hydrogens (tertiary/aromatic N) is 2. The largest absolute Gasteiger partial charge is 0.357 e. The molecule has 1 amide bonds. The van der Waals surface area contributed by atoms with Gasteiger partial charge >= 0.3 is 0 Å². The van der Waals surface area contributed by atoms with Crippen LogP contribution in [0.1, 0.15) is 59.8 Å². The van der Waals surface area contributed by atoms with E-state index in [-0.39, 0.29) is 29.9 Å². The molecule has 0 radical (unpaired) electrons. The Balaban J connectivity index is 0.00000625. The lowest BCUT2D eigenvalue weighted by atomic mass is 10.0. The Hall–Kier alpha value is -0.570. The summed E-state index contributed by atoms with van der Waals surface area (Å²) in [5, 5.41) is 9.89. The fourth-order valence-corrected chi connectivity index (χ4v) is 3.04. The summed E-state index contributed by atoms with van der Waals surface area (Å²) >= 11 is 0. The maximum atomic E-state index is 11.8. The summed E-state index contributed by atoms with van der Waals surface area (Å²) in [6.45, 7) is 13.6. The number of halogens is 1. The van der Waals surface area contributed by atoms with Crippen LogP contribution >= 0.6 is 24.0 Å². The minimum absolute atomic E-state index is 0. The van der Waals surface area contributed by atoms with E-state index in [1.807, 2.05) is 0 Å². The van der Waals surface area contributed by atoms with Crippen LogP contribution in [0.25, 0.3) is 0 Å². The maximum Gasteiger partial charge on any atom is 0.234 e. The van der Waals surface area contributed by atoms with Crippen LogP contribution < -0.4 is 16.0 Å². The van der Waals surface area contributed by atoms with Crippen LogP contribution in [0.15, 0.2) is 4.99 Å². The lowest BCUT2D eigenvalue weighted by molar-refractivity contribution is -0.122. The average molecular weight is 481 g/mol. The third-order valence-corrected chi connectivity index (χ3v) is 4.87. The van der Waals surface area contributed by atoms with Crippen LogP contribution in [-0.4, -0.2) is 62.1 Å². The smallest absolute Gasteiger partial charge is 0.234 e. The molecule has 26 heavy (non-hydrogen) atoms. The molecule has 0 aromatic rings. The number of rotatable bonds is 10. The summed E-state index contributed by atoms with van der Waals surface area (Å²) in [5.41, 5.74) is 0. The first-order valence-corrected chi connectivity index (χ1v) is 10.2. The van der Waals surface area contributed by atoms with E-state index in [0.717, 1.165) is 57.9 Å². The van der Waals surface area contributed by atoms with Gasteiger partial charge in [0.2, 0.25) is 5.91 Å². The molecule has 3 N–H and O–H groups in total. The van der Waals surface area contributed by atoms with E-state index < -0.39 is 0 Å². The van der Waals surface area contributed by atoms with Crippen LogP contribution in [-0.2, 0) is 4.79 Å². The zero-order valence-corrected chi connectivity index (χ0v) is 19.5. The zero-order valence-electron chi connectivity index (χ0n) is 17.1. The lowest BCUT2D eigenvalue weighted by Gasteiger charge is -2.32. The first kappa shape index (κ1) is 25.4. The number of guanidine groups is 1. The summed E-state index contributed by atoms with van der Waals surface area (Å²) in [6, 6.07) is 0.439. The van der Waals surface area contributed by atoms with E-state index >= 15 is 0 Å². The molecule has 1 heterocycles. The minimum Gasteiger partial charge on any atom is -0.357 e. The highest BCUT2D eigenvalue weighted by atomic mass is 127. The maximum absolute atomic E-state index is 11.8. The van der Waals surface area contributed by atoms with Crippen LogP contribution in [0.4, 0.5) is 0 Å². The van der Waals surface area contributed by atoms with Gasteiger partial charge in [-0.05, 0) is 32.1 Å². The Bertz CT molecular complexity index is 393. The Morgan fingerprint density at radius 2 is 1.77 bits per heavy atom. The van der Waals surface area contributed by atoms with Crippen molar-refractivity contribution in [2.45, 2.75) is 65.8 Å². The van der Waals surface area contributed by atoms with Gasteiger partial charge in [-0.15, -0.1) is 24.0 Å². The lowest BCUT2D eigenvalue weighted by Crippen LogP contribution is -2.50. The van der Waals surface area contributed by atoms with Gasteiger partial charge < -0.3 is 16.0 Å². The van der Waals surface area contributed by atoms with Crippen LogP contribution in [0.3, 0.4) is 0 Å². The normalized spacial score (nSPS) is 16.3. The summed E-state index contributed by atoms with van der Waals surface area (Å²) in [4.78, 5) is 18.8.